The van der Waals surface area contributed by atoms with Gasteiger partial charge in [-0.2, -0.15) is 11.8 Å². The molecule has 3 nitrogen and oxygen atoms in total. The first-order valence-corrected chi connectivity index (χ1v) is 6.52. The number of thioether (sulfide) groups is 1. The van der Waals surface area contributed by atoms with Crippen molar-refractivity contribution < 1.29 is 4.79 Å². The molecule has 3 N–H and O–H groups in total. The third-order valence-electron chi connectivity index (χ3n) is 2.01. The topological polar surface area (TPSA) is 55.1 Å². The molecular weight excluding hydrogens is 220 g/mol. The fourth-order valence-corrected chi connectivity index (χ4v) is 2.09. The van der Waals surface area contributed by atoms with Crippen molar-refractivity contribution in [2.75, 3.05) is 16.8 Å². The van der Waals surface area contributed by atoms with E-state index in [1.165, 1.54) is 0 Å². The minimum Gasteiger partial charge on any atom is -0.328 e. The molecule has 16 heavy (non-hydrogen) atoms. The van der Waals surface area contributed by atoms with E-state index in [0.717, 1.165) is 17.9 Å². The molecule has 0 saturated heterocycles. The van der Waals surface area contributed by atoms with Crippen LogP contribution in [0.3, 0.4) is 0 Å². The lowest BCUT2D eigenvalue weighted by Crippen LogP contribution is -2.17. The van der Waals surface area contributed by atoms with Crippen LogP contribution in [0, 0.1) is 0 Å². The van der Waals surface area contributed by atoms with Gasteiger partial charge in [-0.05, 0) is 31.2 Å². The molecular formula is C12H18N2OS. The first kappa shape index (κ1) is 13.1. The number of nitrogens with two attached hydrogens (primary N) is 1. The van der Waals surface area contributed by atoms with Crippen molar-refractivity contribution in [3.8, 4) is 0 Å². The van der Waals surface area contributed by atoms with Gasteiger partial charge in [0.2, 0.25) is 5.91 Å². The average molecular weight is 238 g/mol. The van der Waals surface area contributed by atoms with Gasteiger partial charge in [0.15, 0.2) is 0 Å². The van der Waals surface area contributed by atoms with E-state index in [-0.39, 0.29) is 11.9 Å². The third-order valence-corrected chi connectivity index (χ3v) is 3.00. The lowest BCUT2D eigenvalue weighted by Gasteiger charge is -2.06. The van der Waals surface area contributed by atoms with Crippen LogP contribution in [0.1, 0.15) is 13.3 Å². The van der Waals surface area contributed by atoms with E-state index in [0.29, 0.717) is 5.75 Å². The molecule has 1 unspecified atom stereocenters. The number of nitrogens with one attached hydrogen (secondary N) is 1. The third kappa shape index (κ3) is 5.78. The van der Waals surface area contributed by atoms with Gasteiger partial charge in [-0.25, -0.2) is 0 Å². The van der Waals surface area contributed by atoms with Crippen molar-refractivity contribution in [1.29, 1.82) is 0 Å². The number of hydrogen-bond acceptors (Lipinski definition) is 3. The van der Waals surface area contributed by atoms with Crippen LogP contribution >= 0.6 is 11.8 Å². The van der Waals surface area contributed by atoms with E-state index in [2.05, 4.69) is 5.32 Å². The Kier molecular flexibility index (Phi) is 5.96. The molecule has 0 radical (unpaired) electrons. The number of para-hydroxylation sites is 1. The van der Waals surface area contributed by atoms with Crippen molar-refractivity contribution in [1.82, 2.24) is 0 Å². The molecule has 0 aromatic heterocycles. The highest BCUT2D eigenvalue weighted by atomic mass is 32.2. The van der Waals surface area contributed by atoms with E-state index >= 15 is 0 Å². The molecule has 0 saturated carbocycles. The summed E-state index contributed by atoms with van der Waals surface area (Å²) >= 11 is 1.62. The SMILES string of the molecule is CC(N)CCSCC(=O)Nc1ccccc1. The molecule has 1 amide bonds. The molecule has 0 fully saturated rings. The number of amides is 1. The first-order valence-electron chi connectivity index (χ1n) is 5.36. The molecule has 0 aliphatic heterocycles. The van der Waals surface area contributed by atoms with Crippen molar-refractivity contribution in [3.05, 3.63) is 30.3 Å². The highest BCUT2D eigenvalue weighted by Gasteiger charge is 2.02. The number of anilines is 1. The first-order chi connectivity index (χ1) is 7.68. The second kappa shape index (κ2) is 7.30. The van der Waals surface area contributed by atoms with Gasteiger partial charge in [-0.1, -0.05) is 18.2 Å². The Hall–Kier alpha value is -1.00. The Bertz CT molecular complexity index is 314. The van der Waals surface area contributed by atoms with Crippen molar-refractivity contribution in [2.24, 2.45) is 5.73 Å². The fraction of sp³-hybridized carbons (Fsp3) is 0.417. The molecule has 1 aromatic carbocycles. The minimum atomic E-state index is 0.0425. The van der Waals surface area contributed by atoms with Crippen LogP contribution in [0.15, 0.2) is 30.3 Å². The summed E-state index contributed by atoms with van der Waals surface area (Å²) in [5.41, 5.74) is 6.47. The van der Waals surface area contributed by atoms with Crippen LogP contribution in [0.2, 0.25) is 0 Å². The summed E-state index contributed by atoms with van der Waals surface area (Å²) in [5, 5.41) is 2.84. The van der Waals surface area contributed by atoms with Gasteiger partial charge in [0.05, 0.1) is 5.75 Å². The van der Waals surface area contributed by atoms with Crippen LogP contribution in [0.25, 0.3) is 0 Å². The van der Waals surface area contributed by atoms with Gasteiger partial charge in [-0.15, -0.1) is 0 Å². The number of rotatable bonds is 6. The highest BCUT2D eigenvalue weighted by molar-refractivity contribution is 7.99. The smallest absolute Gasteiger partial charge is 0.234 e. The predicted molar refractivity (Wildman–Crippen MR) is 70.7 cm³/mol. The summed E-state index contributed by atoms with van der Waals surface area (Å²) in [6.45, 7) is 1.98. The maximum atomic E-state index is 11.5. The quantitative estimate of drug-likeness (QED) is 0.746. The largest absolute Gasteiger partial charge is 0.328 e. The predicted octanol–water partition coefficient (Wildman–Crippen LogP) is 2.10. The zero-order valence-electron chi connectivity index (χ0n) is 9.48. The van der Waals surface area contributed by atoms with Crippen molar-refractivity contribution in [2.45, 2.75) is 19.4 Å². The summed E-state index contributed by atoms with van der Waals surface area (Å²) in [6, 6.07) is 9.70. The zero-order chi connectivity index (χ0) is 11.8. The molecule has 88 valence electrons. The Balaban J connectivity index is 2.17. The number of carbonyl (C=O) groups is 1. The van der Waals surface area contributed by atoms with E-state index in [1.54, 1.807) is 11.8 Å². The summed E-state index contributed by atoms with van der Waals surface area (Å²) in [7, 11) is 0. The zero-order valence-corrected chi connectivity index (χ0v) is 10.3. The summed E-state index contributed by atoms with van der Waals surface area (Å²) < 4.78 is 0. The van der Waals surface area contributed by atoms with Crippen LogP contribution in [0.5, 0.6) is 0 Å². The Labute approximate surface area is 101 Å². The molecule has 1 aromatic rings. The lowest BCUT2D eigenvalue weighted by molar-refractivity contribution is -0.113. The van der Waals surface area contributed by atoms with Crippen molar-refractivity contribution in [3.63, 3.8) is 0 Å². The number of carbonyl (C=O) groups excluding carboxylic acids is 1. The molecule has 4 heteroatoms. The molecule has 0 heterocycles. The Morgan fingerprint density at radius 2 is 2.12 bits per heavy atom. The lowest BCUT2D eigenvalue weighted by atomic mass is 10.3. The number of benzene rings is 1. The van der Waals surface area contributed by atoms with E-state index < -0.39 is 0 Å². The average Bonchev–Trinajstić information content (AvgIpc) is 2.25. The fourth-order valence-electron chi connectivity index (χ4n) is 1.15. The molecule has 0 aliphatic carbocycles. The van der Waals surface area contributed by atoms with Crippen LogP contribution < -0.4 is 11.1 Å². The van der Waals surface area contributed by atoms with Crippen LogP contribution in [-0.4, -0.2) is 23.5 Å². The Morgan fingerprint density at radius 1 is 1.44 bits per heavy atom. The normalized spacial score (nSPS) is 12.1. The molecule has 0 aliphatic rings. The van der Waals surface area contributed by atoms with Crippen molar-refractivity contribution >= 4 is 23.4 Å². The van der Waals surface area contributed by atoms with Crippen LogP contribution in [0.4, 0.5) is 5.69 Å². The van der Waals surface area contributed by atoms with Gasteiger partial charge in [0.1, 0.15) is 0 Å². The minimum absolute atomic E-state index is 0.0425. The molecule has 0 bridgehead atoms. The maximum absolute atomic E-state index is 11.5. The standard InChI is InChI=1S/C12H18N2OS/c1-10(13)7-8-16-9-12(15)14-11-5-3-2-4-6-11/h2-6,10H,7-9,13H2,1H3,(H,14,15). The van der Waals surface area contributed by atoms with Gasteiger partial charge in [0.25, 0.3) is 0 Å². The highest BCUT2D eigenvalue weighted by Crippen LogP contribution is 2.08. The van der Waals surface area contributed by atoms with E-state index in [4.69, 9.17) is 5.73 Å². The second-order valence-electron chi connectivity index (χ2n) is 3.73. The van der Waals surface area contributed by atoms with Gasteiger partial charge in [-0.3, -0.25) is 4.79 Å². The molecule has 0 spiro atoms. The van der Waals surface area contributed by atoms with Crippen LogP contribution in [-0.2, 0) is 4.79 Å². The summed E-state index contributed by atoms with van der Waals surface area (Å²) in [4.78, 5) is 11.5. The summed E-state index contributed by atoms with van der Waals surface area (Å²) in [6.07, 6.45) is 0.948. The van der Waals surface area contributed by atoms with Gasteiger partial charge < -0.3 is 11.1 Å². The summed E-state index contributed by atoms with van der Waals surface area (Å²) in [5.74, 6) is 1.46. The van der Waals surface area contributed by atoms with E-state index in [9.17, 15) is 4.79 Å². The second-order valence-corrected chi connectivity index (χ2v) is 4.84. The van der Waals surface area contributed by atoms with Gasteiger partial charge >= 0.3 is 0 Å². The molecule has 1 atom stereocenters. The van der Waals surface area contributed by atoms with Gasteiger partial charge in [0, 0.05) is 11.7 Å². The monoisotopic (exact) mass is 238 g/mol. The number of hydrogen-bond donors (Lipinski definition) is 2. The Morgan fingerprint density at radius 3 is 2.75 bits per heavy atom. The maximum Gasteiger partial charge on any atom is 0.234 e. The molecule has 1 rings (SSSR count). The van der Waals surface area contributed by atoms with E-state index in [1.807, 2.05) is 37.3 Å².